The number of urea groups is 1. The Bertz CT molecular complexity index is 1290. The first-order valence-corrected chi connectivity index (χ1v) is 12.8. The van der Waals surface area contributed by atoms with Crippen LogP contribution in [0.4, 0.5) is 10.5 Å². The van der Waals surface area contributed by atoms with E-state index in [1.807, 2.05) is 47.4 Å². The van der Waals surface area contributed by atoms with Crippen molar-refractivity contribution in [2.24, 2.45) is 0 Å². The number of rotatable bonds is 5. The van der Waals surface area contributed by atoms with Crippen LogP contribution < -0.4 is 10.1 Å². The predicted octanol–water partition coefficient (Wildman–Crippen LogP) is 4.69. The molecule has 2 fully saturated rings. The number of benzene rings is 3. The van der Waals surface area contributed by atoms with E-state index >= 15 is 0 Å². The summed E-state index contributed by atoms with van der Waals surface area (Å²) in [6.07, 6.45) is 1.90. The molecule has 2 saturated heterocycles. The minimum Gasteiger partial charge on any atom is -0.495 e. The lowest BCUT2D eigenvalue weighted by Crippen LogP contribution is -2.68. The molecule has 7 heteroatoms. The molecule has 190 valence electrons. The van der Waals surface area contributed by atoms with Crippen molar-refractivity contribution >= 4 is 11.7 Å². The molecule has 3 aromatic carbocycles. The van der Waals surface area contributed by atoms with Crippen LogP contribution >= 0.6 is 0 Å². The summed E-state index contributed by atoms with van der Waals surface area (Å²) in [5.41, 5.74) is 4.50. The molecule has 0 spiro atoms. The number of carbonyl (C=O) groups excluding carboxylic acids is 1. The molecule has 0 radical (unpaired) electrons. The smallest absolute Gasteiger partial charge is 0.322 e. The first-order valence-electron chi connectivity index (χ1n) is 12.8. The zero-order valence-corrected chi connectivity index (χ0v) is 21.0. The van der Waals surface area contributed by atoms with Gasteiger partial charge in [-0.3, -0.25) is 4.90 Å². The van der Waals surface area contributed by atoms with E-state index in [2.05, 4.69) is 40.6 Å². The average Bonchev–Trinajstić information content (AvgIpc) is 2.92. The minimum atomic E-state index is -0.134. The van der Waals surface area contributed by atoms with Crippen molar-refractivity contribution in [1.82, 2.24) is 9.80 Å². The Morgan fingerprint density at radius 3 is 2.59 bits per heavy atom. The van der Waals surface area contributed by atoms with Gasteiger partial charge in [-0.05, 0) is 60.3 Å². The summed E-state index contributed by atoms with van der Waals surface area (Å²) >= 11 is 0. The zero-order chi connectivity index (χ0) is 25.8. The monoisotopic (exact) mass is 496 g/mol. The molecule has 0 unspecified atom stereocenters. The Balaban J connectivity index is 1.35. The van der Waals surface area contributed by atoms with E-state index in [4.69, 9.17) is 4.74 Å². The van der Waals surface area contributed by atoms with Crippen molar-refractivity contribution in [3.63, 3.8) is 0 Å². The Hall–Kier alpha value is -3.86. The van der Waals surface area contributed by atoms with Crippen molar-refractivity contribution in [2.75, 3.05) is 38.7 Å². The molecule has 5 rings (SSSR count). The molecular weight excluding hydrogens is 464 g/mol. The van der Waals surface area contributed by atoms with Crippen LogP contribution in [0.2, 0.25) is 0 Å². The quantitative estimate of drug-likeness (QED) is 0.535. The number of aliphatic hydroxyl groups excluding tert-OH is 1. The maximum atomic E-state index is 13.3. The maximum Gasteiger partial charge on any atom is 0.322 e. The van der Waals surface area contributed by atoms with Crippen molar-refractivity contribution in [2.45, 2.75) is 30.8 Å². The normalized spacial score (nSPS) is 21.5. The van der Waals surface area contributed by atoms with Crippen LogP contribution in [0.3, 0.4) is 0 Å². The number of nitrogens with zero attached hydrogens (tertiary/aromatic N) is 3. The van der Waals surface area contributed by atoms with Crippen LogP contribution in [0.5, 0.6) is 5.75 Å². The Morgan fingerprint density at radius 1 is 1.05 bits per heavy atom. The molecule has 2 amide bonds. The average molecular weight is 497 g/mol. The van der Waals surface area contributed by atoms with Gasteiger partial charge in [0.15, 0.2) is 0 Å². The number of hydrogen-bond acceptors (Lipinski definition) is 5. The highest BCUT2D eigenvalue weighted by Gasteiger charge is 2.49. The molecule has 3 atom stereocenters. The number of methoxy groups -OCH3 is 1. The Kier molecular flexibility index (Phi) is 7.40. The van der Waals surface area contributed by atoms with Crippen LogP contribution in [0, 0.1) is 11.3 Å². The number of aliphatic hydroxyl groups is 1. The van der Waals surface area contributed by atoms with Gasteiger partial charge in [0, 0.05) is 31.1 Å². The van der Waals surface area contributed by atoms with Gasteiger partial charge < -0.3 is 20.1 Å². The fourth-order valence-corrected chi connectivity index (χ4v) is 5.73. The Labute approximate surface area is 217 Å². The molecule has 0 bridgehead atoms. The van der Waals surface area contributed by atoms with Gasteiger partial charge in [-0.15, -0.1) is 0 Å². The van der Waals surface area contributed by atoms with Crippen molar-refractivity contribution in [1.29, 1.82) is 5.26 Å². The molecule has 37 heavy (non-hydrogen) atoms. The largest absolute Gasteiger partial charge is 0.495 e. The molecule has 2 heterocycles. The van der Waals surface area contributed by atoms with E-state index in [1.165, 1.54) is 0 Å². The first kappa shape index (κ1) is 24.8. The molecule has 3 aromatic rings. The third-order valence-electron chi connectivity index (χ3n) is 7.63. The van der Waals surface area contributed by atoms with Crippen LogP contribution in [0.25, 0.3) is 11.1 Å². The third-order valence-corrected chi connectivity index (χ3v) is 7.63. The van der Waals surface area contributed by atoms with Crippen molar-refractivity contribution < 1.29 is 14.6 Å². The van der Waals surface area contributed by atoms with Gasteiger partial charge in [0.1, 0.15) is 5.75 Å². The predicted molar refractivity (Wildman–Crippen MR) is 144 cm³/mol. The number of para-hydroxylation sites is 2. The van der Waals surface area contributed by atoms with Gasteiger partial charge in [0.2, 0.25) is 0 Å². The van der Waals surface area contributed by atoms with Gasteiger partial charge >= 0.3 is 6.03 Å². The summed E-state index contributed by atoms with van der Waals surface area (Å²) in [5.74, 6) is 0.760. The highest BCUT2D eigenvalue weighted by Crippen LogP contribution is 2.42. The molecular formula is C30H32N4O3. The molecule has 7 nitrogen and oxygen atoms in total. The maximum absolute atomic E-state index is 13.3. The second-order valence-corrected chi connectivity index (χ2v) is 9.68. The number of anilines is 1. The summed E-state index contributed by atoms with van der Waals surface area (Å²) in [4.78, 5) is 17.5. The topological polar surface area (TPSA) is 88.8 Å². The fourth-order valence-electron chi connectivity index (χ4n) is 5.73. The number of fused-ring (bicyclic) bond motifs is 1. The molecule has 0 aliphatic carbocycles. The lowest BCUT2D eigenvalue weighted by molar-refractivity contribution is -0.0585. The van der Waals surface area contributed by atoms with E-state index in [1.54, 1.807) is 13.2 Å². The first-order chi connectivity index (χ1) is 18.1. The summed E-state index contributed by atoms with van der Waals surface area (Å²) in [6.45, 7) is 2.29. The molecule has 2 aliphatic rings. The highest BCUT2D eigenvalue weighted by molar-refractivity contribution is 5.91. The summed E-state index contributed by atoms with van der Waals surface area (Å²) < 4.78 is 5.40. The minimum absolute atomic E-state index is 0.0370. The lowest BCUT2D eigenvalue weighted by atomic mass is 9.74. The van der Waals surface area contributed by atoms with Gasteiger partial charge in [-0.2, -0.15) is 5.26 Å². The van der Waals surface area contributed by atoms with E-state index in [9.17, 15) is 15.2 Å². The molecule has 2 N–H and O–H groups in total. The number of amides is 2. The lowest BCUT2D eigenvalue weighted by Gasteiger charge is -2.57. The second kappa shape index (κ2) is 11.0. The molecule has 0 saturated carbocycles. The molecule has 2 aliphatic heterocycles. The van der Waals surface area contributed by atoms with E-state index in [-0.39, 0.29) is 30.6 Å². The second-order valence-electron chi connectivity index (χ2n) is 9.68. The van der Waals surface area contributed by atoms with Crippen LogP contribution in [-0.2, 0) is 0 Å². The highest BCUT2D eigenvalue weighted by atomic mass is 16.5. The summed E-state index contributed by atoms with van der Waals surface area (Å²) in [6, 6.07) is 25.7. The van der Waals surface area contributed by atoms with E-state index in [0.717, 1.165) is 36.1 Å². The fraction of sp³-hybridized carbons (Fsp3) is 0.333. The summed E-state index contributed by atoms with van der Waals surface area (Å²) in [5, 5.41) is 22.5. The van der Waals surface area contributed by atoms with Crippen LogP contribution in [-0.4, -0.2) is 66.4 Å². The van der Waals surface area contributed by atoms with Gasteiger partial charge in [-0.25, -0.2) is 4.79 Å². The Morgan fingerprint density at radius 2 is 1.84 bits per heavy atom. The van der Waals surface area contributed by atoms with Crippen LogP contribution in [0.1, 0.15) is 29.9 Å². The van der Waals surface area contributed by atoms with E-state index < -0.39 is 0 Å². The number of nitriles is 1. The van der Waals surface area contributed by atoms with Gasteiger partial charge in [0.05, 0.1) is 31.0 Å². The van der Waals surface area contributed by atoms with Gasteiger partial charge in [0.25, 0.3) is 0 Å². The van der Waals surface area contributed by atoms with Crippen LogP contribution in [0.15, 0.2) is 72.8 Å². The number of hydrogen-bond donors (Lipinski definition) is 2. The third kappa shape index (κ3) is 5.04. The van der Waals surface area contributed by atoms with Crippen molar-refractivity contribution in [3.8, 4) is 22.9 Å². The number of ether oxygens (including phenoxy) is 1. The van der Waals surface area contributed by atoms with Crippen molar-refractivity contribution in [3.05, 3.63) is 83.9 Å². The number of nitrogens with one attached hydrogen (secondary N) is 1. The van der Waals surface area contributed by atoms with E-state index in [0.29, 0.717) is 30.1 Å². The molecule has 0 aromatic heterocycles. The summed E-state index contributed by atoms with van der Waals surface area (Å²) in [7, 11) is 1.60. The zero-order valence-electron chi connectivity index (χ0n) is 21.0. The van der Waals surface area contributed by atoms with Gasteiger partial charge in [-0.1, -0.05) is 48.5 Å². The standard InChI is InChI=1S/C30H32N4O3/c1-37-28-10-3-2-9-25(28)32-30(36)33-15-4-5-16-34-26(19-33)29(27(34)20-35)23-13-11-22(12-14-23)24-8-6-7-21(17-24)18-31/h2-3,6-14,17,26-27,29,35H,4-5,15-16,19-20H2,1H3,(H,32,36)/t26-,27-,29-/m0/s1. The number of carbonyl (C=O) groups is 1. The SMILES string of the molecule is COc1ccccc1NC(=O)N1CCCCN2[C@@H](CO)[C@@H](c3ccc(-c4cccc(C#N)c4)cc3)[C@@H]2C1.